The molecule has 0 radical (unpaired) electrons. The standard InChI is InChI=1S/C19H16I2N4O4.C19H20N6O4/c2*1-19(2)17(28)24-13-7-9(20)3-5-11(13)22-15(26)16(27)23-12-6-4-10(21)8-14(12)25-18(19)29/h3-8H,1-2H3,(H,22,26)(H,23,27)(H,24,28)(H,25,29);3-8H,20-21H2,1-2H3,(H,22,26)(H,23,27)(H,24,28)(H,25,29). The van der Waals surface area contributed by atoms with Crippen molar-refractivity contribution in [3.8, 4) is 0 Å². The van der Waals surface area contributed by atoms with Gasteiger partial charge in [0.2, 0.25) is 23.6 Å². The van der Waals surface area contributed by atoms with E-state index in [0.717, 1.165) is 7.14 Å². The second-order valence-electron chi connectivity index (χ2n) is 13.9. The lowest BCUT2D eigenvalue weighted by Crippen LogP contribution is -2.41. The van der Waals surface area contributed by atoms with Gasteiger partial charge in [-0.05, 0) is 146 Å². The van der Waals surface area contributed by atoms with Gasteiger partial charge >= 0.3 is 23.6 Å². The Hall–Kier alpha value is -6.30. The zero-order valence-corrected chi connectivity index (χ0v) is 35.4. The van der Waals surface area contributed by atoms with Crippen molar-refractivity contribution in [1.29, 1.82) is 0 Å². The van der Waals surface area contributed by atoms with E-state index in [2.05, 4.69) is 87.7 Å². The molecule has 0 aromatic heterocycles. The lowest BCUT2D eigenvalue weighted by molar-refractivity contribution is -0.136. The predicted molar refractivity (Wildman–Crippen MR) is 237 cm³/mol. The van der Waals surface area contributed by atoms with Crippen molar-refractivity contribution < 1.29 is 38.4 Å². The molecular formula is C38H36I2N10O8. The molecule has 18 nitrogen and oxygen atoms in total. The topological polar surface area (TPSA) is 285 Å². The SMILES string of the molecule is CC1(C)C(=O)Nc2cc(I)ccc2NC(=O)C(=O)Nc2ccc(I)cc2NC1=O.CC1(C)C(=O)Nc2cc(N)ccc2NC(=O)C(=O)Nc2ccc(N)cc2NC1=O. The minimum Gasteiger partial charge on any atom is -0.399 e. The first kappa shape index (κ1) is 42.8. The van der Waals surface area contributed by atoms with Crippen LogP contribution >= 0.6 is 45.2 Å². The molecule has 6 rings (SSSR count). The van der Waals surface area contributed by atoms with Gasteiger partial charge in [-0.15, -0.1) is 0 Å². The minimum absolute atomic E-state index is 0.151. The first-order valence-corrected chi connectivity index (χ1v) is 19.2. The number of hydrogen-bond acceptors (Lipinski definition) is 10. The predicted octanol–water partition coefficient (Wildman–Crippen LogP) is 4.73. The Morgan fingerprint density at radius 3 is 0.879 bits per heavy atom. The maximum absolute atomic E-state index is 12.9. The van der Waals surface area contributed by atoms with E-state index < -0.39 is 58.1 Å². The Morgan fingerprint density at radius 2 is 0.603 bits per heavy atom. The zero-order chi connectivity index (χ0) is 42.7. The first-order valence-electron chi connectivity index (χ1n) is 17.0. The number of nitrogens with one attached hydrogen (secondary N) is 8. The van der Waals surface area contributed by atoms with Gasteiger partial charge in [0.1, 0.15) is 10.8 Å². The number of anilines is 10. The molecule has 2 aliphatic rings. The monoisotopic (exact) mass is 1010 g/mol. The summed E-state index contributed by atoms with van der Waals surface area (Å²) >= 11 is 4.11. The third kappa shape index (κ3) is 9.79. The molecule has 0 bridgehead atoms. The van der Waals surface area contributed by atoms with Crippen LogP contribution in [0, 0.1) is 18.0 Å². The number of fused-ring (bicyclic) bond motifs is 4. The molecule has 20 heteroatoms. The van der Waals surface area contributed by atoms with Crippen LogP contribution in [0.2, 0.25) is 0 Å². The molecule has 0 saturated heterocycles. The third-order valence-corrected chi connectivity index (χ3v) is 10.1. The summed E-state index contributed by atoms with van der Waals surface area (Å²) in [6.45, 7) is 5.87. The molecular weight excluding hydrogens is 978 g/mol. The van der Waals surface area contributed by atoms with E-state index in [-0.39, 0.29) is 45.5 Å². The summed E-state index contributed by atoms with van der Waals surface area (Å²) in [6.07, 6.45) is 0. The number of hydrogen-bond donors (Lipinski definition) is 10. The fourth-order valence-corrected chi connectivity index (χ4v) is 6.03. The zero-order valence-electron chi connectivity index (χ0n) is 31.1. The lowest BCUT2D eigenvalue weighted by atomic mass is 9.90. The average molecular weight is 1010 g/mol. The van der Waals surface area contributed by atoms with Gasteiger partial charge in [0.05, 0.1) is 45.5 Å². The molecule has 4 aromatic carbocycles. The van der Waals surface area contributed by atoms with Crippen LogP contribution in [0.15, 0.2) is 72.8 Å². The van der Waals surface area contributed by atoms with Gasteiger partial charge in [-0.3, -0.25) is 38.4 Å². The molecule has 2 aliphatic heterocycles. The Kier molecular flexibility index (Phi) is 12.6. The van der Waals surface area contributed by atoms with Gasteiger partial charge in [0.15, 0.2) is 0 Å². The summed E-state index contributed by atoms with van der Waals surface area (Å²) in [7, 11) is 0. The fourth-order valence-electron chi connectivity index (χ4n) is 5.04. The number of carbonyl (C=O) groups is 8. The van der Waals surface area contributed by atoms with Crippen molar-refractivity contribution in [2.45, 2.75) is 27.7 Å². The second-order valence-corrected chi connectivity index (χ2v) is 16.4. The summed E-state index contributed by atoms with van der Waals surface area (Å²) in [4.78, 5) is 101. The molecule has 0 spiro atoms. The maximum atomic E-state index is 12.9. The minimum atomic E-state index is -1.51. The molecule has 4 aromatic rings. The van der Waals surface area contributed by atoms with Crippen LogP contribution < -0.4 is 54.0 Å². The van der Waals surface area contributed by atoms with Crippen LogP contribution in [-0.4, -0.2) is 47.3 Å². The van der Waals surface area contributed by atoms with E-state index in [1.807, 2.05) is 0 Å². The maximum Gasteiger partial charge on any atom is 0.314 e. The van der Waals surface area contributed by atoms with Crippen molar-refractivity contribution in [3.63, 3.8) is 0 Å². The highest BCUT2D eigenvalue weighted by Crippen LogP contribution is 2.33. The second kappa shape index (κ2) is 17.1. The molecule has 0 saturated carbocycles. The van der Waals surface area contributed by atoms with Crippen molar-refractivity contribution in [2.24, 2.45) is 10.8 Å². The van der Waals surface area contributed by atoms with E-state index >= 15 is 0 Å². The van der Waals surface area contributed by atoms with Gasteiger partial charge in [-0.1, -0.05) is 0 Å². The number of amides is 8. The largest absolute Gasteiger partial charge is 0.399 e. The van der Waals surface area contributed by atoms with Crippen molar-refractivity contribution in [1.82, 2.24) is 0 Å². The van der Waals surface area contributed by atoms with E-state index in [1.165, 1.54) is 64.1 Å². The van der Waals surface area contributed by atoms with Gasteiger partial charge in [0.25, 0.3) is 0 Å². The highest BCUT2D eigenvalue weighted by atomic mass is 127. The highest BCUT2D eigenvalue weighted by molar-refractivity contribution is 14.1. The van der Waals surface area contributed by atoms with Crippen LogP contribution in [-0.2, 0) is 38.4 Å². The summed E-state index contributed by atoms with van der Waals surface area (Å²) in [5, 5.41) is 20.4. The van der Waals surface area contributed by atoms with Crippen LogP contribution in [0.5, 0.6) is 0 Å². The highest BCUT2D eigenvalue weighted by Gasteiger charge is 2.39. The number of rotatable bonds is 0. The Labute approximate surface area is 358 Å². The van der Waals surface area contributed by atoms with Crippen LogP contribution in [0.1, 0.15) is 27.7 Å². The third-order valence-electron chi connectivity index (χ3n) is 8.72. The van der Waals surface area contributed by atoms with Gasteiger partial charge < -0.3 is 54.0 Å². The molecule has 0 fully saturated rings. The molecule has 58 heavy (non-hydrogen) atoms. The first-order chi connectivity index (χ1) is 27.1. The normalized spacial score (nSPS) is 16.5. The van der Waals surface area contributed by atoms with Crippen LogP contribution in [0.25, 0.3) is 0 Å². The average Bonchev–Trinajstić information content (AvgIpc) is 3.15. The molecule has 0 aliphatic carbocycles. The molecule has 300 valence electrons. The van der Waals surface area contributed by atoms with Gasteiger partial charge in [0, 0.05) is 18.5 Å². The number of carbonyl (C=O) groups excluding carboxylic acids is 8. The van der Waals surface area contributed by atoms with Gasteiger partial charge in [-0.25, -0.2) is 0 Å². The summed E-state index contributed by atoms with van der Waals surface area (Å²) in [5.41, 5.74) is 10.9. The van der Waals surface area contributed by atoms with Crippen molar-refractivity contribution in [3.05, 3.63) is 79.9 Å². The lowest BCUT2D eigenvalue weighted by Gasteiger charge is -2.24. The fraction of sp³-hybridized carbons (Fsp3) is 0.158. The van der Waals surface area contributed by atoms with Crippen LogP contribution in [0.3, 0.4) is 0 Å². The quantitative estimate of drug-likeness (QED) is 0.0500. The summed E-state index contributed by atoms with van der Waals surface area (Å²) in [6, 6.07) is 18.6. The van der Waals surface area contributed by atoms with E-state index in [1.54, 1.807) is 36.4 Å². The number of halogens is 2. The van der Waals surface area contributed by atoms with Gasteiger partial charge in [-0.2, -0.15) is 0 Å². The molecule has 8 amide bonds. The Bertz CT molecular complexity index is 2110. The van der Waals surface area contributed by atoms with E-state index in [0.29, 0.717) is 11.4 Å². The smallest absolute Gasteiger partial charge is 0.314 e. The van der Waals surface area contributed by atoms with Crippen molar-refractivity contribution >= 4 is 149 Å². The molecule has 2 heterocycles. The Balaban J connectivity index is 0.000000221. The Morgan fingerprint density at radius 1 is 0.362 bits per heavy atom. The molecule has 0 atom stereocenters. The number of benzene rings is 4. The molecule has 0 unspecified atom stereocenters. The van der Waals surface area contributed by atoms with E-state index in [9.17, 15) is 38.4 Å². The van der Waals surface area contributed by atoms with Crippen LogP contribution in [0.4, 0.5) is 56.9 Å². The summed E-state index contributed by atoms with van der Waals surface area (Å²) in [5.74, 6) is -6.15. The number of nitrogens with two attached hydrogens (primary N) is 2. The van der Waals surface area contributed by atoms with Crippen molar-refractivity contribution in [2.75, 3.05) is 54.0 Å². The number of nitrogen functional groups attached to an aromatic ring is 2. The van der Waals surface area contributed by atoms with E-state index in [4.69, 9.17) is 11.5 Å². The summed E-state index contributed by atoms with van der Waals surface area (Å²) < 4.78 is 1.60. The molecule has 12 N–H and O–H groups in total.